The second-order valence-corrected chi connectivity index (χ2v) is 8.13. The van der Waals surface area contributed by atoms with E-state index in [1.54, 1.807) is 18.2 Å². The zero-order valence-electron chi connectivity index (χ0n) is 18.1. The van der Waals surface area contributed by atoms with Crippen LogP contribution in [0, 0.1) is 5.92 Å². The number of rotatable bonds is 2. The van der Waals surface area contributed by atoms with Crippen molar-refractivity contribution in [3.63, 3.8) is 0 Å². The largest absolute Gasteiger partial charge is 0.508 e. The molecule has 4 nitrogen and oxygen atoms in total. The molecule has 0 bridgehead atoms. The molecule has 0 spiro atoms. The van der Waals surface area contributed by atoms with Crippen molar-refractivity contribution in [3.8, 4) is 5.75 Å². The van der Waals surface area contributed by atoms with Crippen molar-refractivity contribution in [2.45, 2.75) is 57.9 Å². The summed E-state index contributed by atoms with van der Waals surface area (Å²) in [7, 11) is 0. The van der Waals surface area contributed by atoms with Crippen LogP contribution >= 0.6 is 23.2 Å². The molecule has 1 amide bonds. The van der Waals surface area contributed by atoms with E-state index < -0.39 is 5.54 Å². The monoisotopic (exact) mass is 450 g/mol. The third kappa shape index (κ3) is 4.61. The maximum Gasteiger partial charge on any atom is 0.240 e. The van der Waals surface area contributed by atoms with Gasteiger partial charge in [-0.3, -0.25) is 4.79 Å². The van der Waals surface area contributed by atoms with Crippen LogP contribution in [0.15, 0.2) is 42.5 Å². The van der Waals surface area contributed by atoms with Crippen LogP contribution < -0.4 is 11.1 Å². The minimum Gasteiger partial charge on any atom is -0.508 e. The van der Waals surface area contributed by atoms with Crippen LogP contribution in [0.1, 0.15) is 63.5 Å². The minimum atomic E-state index is -0.863. The smallest absolute Gasteiger partial charge is 0.240 e. The summed E-state index contributed by atoms with van der Waals surface area (Å²) in [5.74, 6) is 0.243. The Hall–Kier alpha value is -1.75. The van der Waals surface area contributed by atoms with E-state index >= 15 is 0 Å². The first-order valence-electron chi connectivity index (χ1n) is 10.7. The van der Waals surface area contributed by atoms with Crippen molar-refractivity contribution in [1.82, 2.24) is 5.32 Å². The van der Waals surface area contributed by atoms with Gasteiger partial charge in [0.05, 0.1) is 0 Å². The highest BCUT2D eigenvalue weighted by Crippen LogP contribution is 2.53. The zero-order valence-corrected chi connectivity index (χ0v) is 19.6. The number of hydrogen-bond donors (Lipinski definition) is 3. The quantitative estimate of drug-likeness (QED) is 0.536. The van der Waals surface area contributed by atoms with Gasteiger partial charge in [-0.2, -0.15) is 0 Å². The van der Waals surface area contributed by atoms with Gasteiger partial charge in [0, 0.05) is 22.5 Å². The molecule has 2 aromatic carbocycles. The van der Waals surface area contributed by atoms with Crippen molar-refractivity contribution < 1.29 is 9.90 Å². The van der Waals surface area contributed by atoms with Crippen molar-refractivity contribution in [2.75, 3.05) is 6.54 Å². The van der Waals surface area contributed by atoms with Crippen molar-refractivity contribution in [3.05, 3.63) is 63.6 Å². The number of carbonyl (C=O) groups is 1. The number of nitrogens with one attached hydrogen (secondary N) is 1. The van der Waals surface area contributed by atoms with Gasteiger partial charge in [-0.1, -0.05) is 69.1 Å². The first kappa shape index (κ1) is 24.5. The molecule has 0 radical (unpaired) electrons. The fourth-order valence-electron chi connectivity index (χ4n) is 4.63. The SMILES string of the molecule is CC.CC.NC12CCC(c3ccc(Cl)cc3Cl)C(c3ccc(O)cc3)C1CNC2=O. The summed E-state index contributed by atoms with van der Waals surface area (Å²) >= 11 is 12.6. The van der Waals surface area contributed by atoms with Gasteiger partial charge in [0.1, 0.15) is 11.3 Å². The molecule has 2 fully saturated rings. The van der Waals surface area contributed by atoms with E-state index in [2.05, 4.69) is 5.32 Å². The average Bonchev–Trinajstić information content (AvgIpc) is 3.06. The van der Waals surface area contributed by atoms with Gasteiger partial charge in [0.15, 0.2) is 0 Å². The summed E-state index contributed by atoms with van der Waals surface area (Å²) in [4.78, 5) is 12.4. The molecule has 1 saturated carbocycles. The number of phenols is 1. The van der Waals surface area contributed by atoms with Gasteiger partial charge < -0.3 is 16.2 Å². The van der Waals surface area contributed by atoms with Crippen molar-refractivity contribution in [2.24, 2.45) is 11.7 Å². The Morgan fingerprint density at radius 1 is 1.07 bits per heavy atom. The summed E-state index contributed by atoms with van der Waals surface area (Å²) in [6, 6.07) is 12.7. The summed E-state index contributed by atoms with van der Waals surface area (Å²) in [5, 5.41) is 13.8. The number of carbonyl (C=O) groups excluding carboxylic acids is 1. The van der Waals surface area contributed by atoms with Gasteiger partial charge in [-0.25, -0.2) is 0 Å². The van der Waals surface area contributed by atoms with Crippen LogP contribution in [-0.2, 0) is 4.79 Å². The summed E-state index contributed by atoms with van der Waals surface area (Å²) in [6.45, 7) is 8.54. The fourth-order valence-corrected chi connectivity index (χ4v) is 5.18. The number of benzene rings is 2. The van der Waals surface area contributed by atoms with Crippen LogP contribution in [0.2, 0.25) is 10.0 Å². The van der Waals surface area contributed by atoms with Crippen LogP contribution in [0.25, 0.3) is 0 Å². The second-order valence-electron chi connectivity index (χ2n) is 7.29. The van der Waals surface area contributed by atoms with E-state index in [0.29, 0.717) is 23.0 Å². The molecular weight excluding hydrogens is 419 g/mol. The predicted molar refractivity (Wildman–Crippen MR) is 125 cm³/mol. The highest BCUT2D eigenvalue weighted by molar-refractivity contribution is 6.35. The van der Waals surface area contributed by atoms with Gasteiger partial charge in [0.2, 0.25) is 5.91 Å². The van der Waals surface area contributed by atoms with E-state index in [0.717, 1.165) is 17.5 Å². The van der Waals surface area contributed by atoms with Crippen LogP contribution in [0.5, 0.6) is 5.75 Å². The van der Waals surface area contributed by atoms with Gasteiger partial charge in [-0.05, 0) is 60.1 Å². The molecule has 4 unspecified atom stereocenters. The Balaban J connectivity index is 0.000000757. The highest BCUT2D eigenvalue weighted by atomic mass is 35.5. The molecule has 1 heterocycles. The zero-order chi connectivity index (χ0) is 22.5. The number of amides is 1. The molecule has 2 aliphatic rings. The summed E-state index contributed by atoms with van der Waals surface area (Å²) in [6.07, 6.45) is 1.37. The number of nitrogens with two attached hydrogens (primary N) is 1. The topological polar surface area (TPSA) is 75.3 Å². The van der Waals surface area contributed by atoms with Crippen molar-refractivity contribution in [1.29, 1.82) is 0 Å². The molecule has 6 heteroatoms. The Labute approximate surface area is 189 Å². The predicted octanol–water partition coefficient (Wildman–Crippen LogP) is 5.86. The Morgan fingerprint density at radius 2 is 1.70 bits per heavy atom. The maximum absolute atomic E-state index is 12.4. The number of hydrogen-bond acceptors (Lipinski definition) is 3. The number of fused-ring (bicyclic) bond motifs is 1. The molecule has 1 aliphatic carbocycles. The summed E-state index contributed by atoms with van der Waals surface area (Å²) in [5.41, 5.74) is 7.76. The molecule has 0 aromatic heterocycles. The maximum atomic E-state index is 12.4. The number of halogens is 2. The number of aromatic hydroxyl groups is 1. The van der Waals surface area contributed by atoms with Gasteiger partial charge >= 0.3 is 0 Å². The van der Waals surface area contributed by atoms with Crippen molar-refractivity contribution >= 4 is 29.1 Å². The van der Waals surface area contributed by atoms with Gasteiger partial charge in [0.25, 0.3) is 0 Å². The molecule has 30 heavy (non-hydrogen) atoms. The Morgan fingerprint density at radius 3 is 2.30 bits per heavy atom. The first-order chi connectivity index (χ1) is 14.4. The second kappa shape index (κ2) is 10.5. The molecule has 164 valence electrons. The lowest BCUT2D eigenvalue weighted by Gasteiger charge is -2.44. The van der Waals surface area contributed by atoms with Crippen LogP contribution in [0.3, 0.4) is 0 Å². The Kier molecular flexibility index (Phi) is 8.60. The molecule has 4 atom stereocenters. The third-order valence-corrected chi connectivity index (χ3v) is 6.51. The fraction of sp³-hybridized carbons (Fsp3) is 0.458. The van der Waals surface area contributed by atoms with Crippen LogP contribution in [-0.4, -0.2) is 23.1 Å². The molecule has 1 saturated heterocycles. The molecule has 2 aromatic rings. The van der Waals surface area contributed by atoms with E-state index in [-0.39, 0.29) is 29.4 Å². The molecule has 1 aliphatic heterocycles. The normalized spacial score (nSPS) is 27.0. The lowest BCUT2D eigenvalue weighted by Crippen LogP contribution is -2.56. The van der Waals surface area contributed by atoms with E-state index in [1.807, 2.05) is 52.0 Å². The lowest BCUT2D eigenvalue weighted by atomic mass is 9.60. The van der Waals surface area contributed by atoms with E-state index in [9.17, 15) is 9.90 Å². The lowest BCUT2D eigenvalue weighted by molar-refractivity contribution is -0.125. The molecular formula is C24H32Cl2N2O2. The summed E-state index contributed by atoms with van der Waals surface area (Å²) < 4.78 is 0. The Bertz CT molecular complexity index is 857. The highest BCUT2D eigenvalue weighted by Gasteiger charge is 2.55. The minimum absolute atomic E-state index is 0.0203. The van der Waals surface area contributed by atoms with E-state index in [1.165, 1.54) is 0 Å². The van der Waals surface area contributed by atoms with Crippen LogP contribution in [0.4, 0.5) is 0 Å². The average molecular weight is 451 g/mol. The molecule has 4 rings (SSSR count). The third-order valence-electron chi connectivity index (χ3n) is 5.94. The molecule has 4 N–H and O–H groups in total. The first-order valence-corrected chi connectivity index (χ1v) is 11.5. The standard InChI is InChI=1S/C20H20Cl2N2O2.2C2H6/c21-12-3-6-14(17(22)9-12)15-7-8-20(23)16(10-24-19(20)26)18(15)11-1-4-13(25)5-2-11;2*1-2/h1-6,9,15-16,18,25H,7-8,10,23H2,(H,24,26);2*1-2H3. The van der Waals surface area contributed by atoms with Gasteiger partial charge in [-0.15, -0.1) is 0 Å². The number of phenolic OH excluding ortho intramolecular Hbond substituents is 1. The van der Waals surface area contributed by atoms with E-state index in [4.69, 9.17) is 28.9 Å².